The van der Waals surface area contributed by atoms with Crippen molar-refractivity contribution in [2.24, 2.45) is 5.41 Å². The van der Waals surface area contributed by atoms with Gasteiger partial charge in [-0.25, -0.2) is 4.79 Å². The lowest BCUT2D eigenvalue weighted by atomic mass is 9.96. The highest BCUT2D eigenvalue weighted by atomic mass is 16.6. The van der Waals surface area contributed by atoms with Gasteiger partial charge in [0.1, 0.15) is 23.6 Å². The minimum atomic E-state index is -0.715. The lowest BCUT2D eigenvalue weighted by molar-refractivity contribution is -0.128. The molecule has 1 aromatic carbocycles. The van der Waals surface area contributed by atoms with Crippen molar-refractivity contribution in [2.75, 3.05) is 25.3 Å². The molecule has 7 nitrogen and oxygen atoms in total. The second-order valence-corrected chi connectivity index (χ2v) is 7.82. The van der Waals surface area contributed by atoms with Gasteiger partial charge in [-0.3, -0.25) is 10.2 Å². The van der Waals surface area contributed by atoms with Gasteiger partial charge in [-0.1, -0.05) is 32.9 Å². The molecule has 1 aromatic rings. The van der Waals surface area contributed by atoms with E-state index in [1.54, 1.807) is 72.9 Å². The first-order valence-corrected chi connectivity index (χ1v) is 8.50. The summed E-state index contributed by atoms with van der Waals surface area (Å²) in [5.41, 5.74) is 1.62. The summed E-state index contributed by atoms with van der Waals surface area (Å²) in [6.07, 6.45) is -0.696. The van der Waals surface area contributed by atoms with E-state index >= 15 is 0 Å². The number of para-hydroxylation sites is 2. The van der Waals surface area contributed by atoms with Crippen LogP contribution in [0.5, 0.6) is 5.75 Å². The van der Waals surface area contributed by atoms with Crippen molar-refractivity contribution in [3.8, 4) is 5.75 Å². The van der Waals surface area contributed by atoms with Crippen LogP contribution in [0.3, 0.4) is 0 Å². The van der Waals surface area contributed by atoms with E-state index < -0.39 is 17.1 Å². The number of hydrogen-bond donors (Lipinski definition) is 1. The Kier molecular flexibility index (Phi) is 7.44. The molecule has 1 N–H and O–H groups in total. The highest BCUT2D eigenvalue weighted by Crippen LogP contribution is 2.29. The summed E-state index contributed by atoms with van der Waals surface area (Å²) >= 11 is 0. The van der Waals surface area contributed by atoms with Crippen LogP contribution in [0.25, 0.3) is 0 Å². The molecule has 0 heterocycles. The van der Waals surface area contributed by atoms with E-state index in [4.69, 9.17) is 14.2 Å². The number of carbonyl (C=O) groups excluding carboxylic acids is 2. The Morgan fingerprint density at radius 3 is 2.19 bits per heavy atom. The average molecular weight is 366 g/mol. The molecule has 0 fully saturated rings. The second-order valence-electron chi connectivity index (χ2n) is 7.82. The Balaban J connectivity index is 3.19. The topological polar surface area (TPSA) is 77.1 Å². The van der Waals surface area contributed by atoms with Crippen LogP contribution in [0.4, 0.5) is 10.5 Å². The van der Waals surface area contributed by atoms with Crippen LogP contribution in [-0.2, 0) is 14.3 Å². The number of carbonyl (C=O) groups is 2. The van der Waals surface area contributed by atoms with E-state index in [-0.39, 0.29) is 5.91 Å². The highest BCUT2D eigenvalue weighted by molar-refractivity contribution is 5.95. The Morgan fingerprint density at radius 1 is 1.04 bits per heavy atom. The zero-order chi connectivity index (χ0) is 20.0. The molecule has 0 aliphatic carbocycles. The smallest absolute Gasteiger partial charge is 0.434 e. The van der Waals surface area contributed by atoms with Crippen LogP contribution in [-0.4, -0.2) is 37.9 Å². The van der Waals surface area contributed by atoms with E-state index in [1.807, 2.05) is 0 Å². The fourth-order valence-electron chi connectivity index (χ4n) is 1.78. The number of hydrogen-bond acceptors (Lipinski definition) is 5. The minimum Gasteiger partial charge on any atom is -0.489 e. The Labute approximate surface area is 155 Å². The molecular weight excluding hydrogens is 336 g/mol. The van der Waals surface area contributed by atoms with Crippen molar-refractivity contribution in [1.82, 2.24) is 5.43 Å². The van der Waals surface area contributed by atoms with Crippen LogP contribution >= 0.6 is 0 Å². The number of ether oxygens (including phenoxy) is 3. The van der Waals surface area contributed by atoms with E-state index in [0.717, 1.165) is 5.01 Å². The van der Waals surface area contributed by atoms with Crippen LogP contribution < -0.4 is 15.2 Å². The lowest BCUT2D eigenvalue weighted by Crippen LogP contribution is -2.52. The van der Waals surface area contributed by atoms with Crippen LogP contribution in [0.15, 0.2) is 24.3 Å². The number of rotatable bonds is 5. The number of anilines is 1. The molecule has 0 atom stereocenters. The summed E-state index contributed by atoms with van der Waals surface area (Å²) in [7, 11) is 1.58. The number of amides is 2. The third kappa shape index (κ3) is 6.92. The van der Waals surface area contributed by atoms with E-state index in [1.165, 1.54) is 0 Å². The molecule has 0 bridgehead atoms. The van der Waals surface area contributed by atoms with Gasteiger partial charge in [0.2, 0.25) is 5.91 Å². The van der Waals surface area contributed by atoms with E-state index in [9.17, 15) is 9.59 Å². The standard InChI is InChI=1S/C19H30N2O5/c1-18(2,3)16(22)20-21(17(23)26-19(4,5)6)14-10-8-9-11-15(14)25-13-12-24-7/h8-11H,12-13H2,1-7H3,(H,20,22). The monoisotopic (exact) mass is 366 g/mol. The van der Waals surface area contributed by atoms with E-state index in [2.05, 4.69) is 5.43 Å². The highest BCUT2D eigenvalue weighted by Gasteiger charge is 2.30. The van der Waals surface area contributed by atoms with Crippen molar-refractivity contribution in [3.63, 3.8) is 0 Å². The fraction of sp³-hybridized carbons (Fsp3) is 0.579. The van der Waals surface area contributed by atoms with Gasteiger partial charge < -0.3 is 14.2 Å². The van der Waals surface area contributed by atoms with Gasteiger partial charge in [-0.15, -0.1) is 0 Å². The fourth-order valence-corrected chi connectivity index (χ4v) is 1.78. The molecule has 2 amide bonds. The van der Waals surface area contributed by atoms with Crippen molar-refractivity contribution in [2.45, 2.75) is 47.1 Å². The molecule has 0 saturated carbocycles. The SMILES string of the molecule is COCCOc1ccccc1N(NC(=O)C(C)(C)C)C(=O)OC(C)(C)C. The first-order chi connectivity index (χ1) is 12.0. The van der Waals surface area contributed by atoms with Crippen molar-refractivity contribution in [1.29, 1.82) is 0 Å². The molecule has 0 saturated heterocycles. The first-order valence-electron chi connectivity index (χ1n) is 8.50. The van der Waals surface area contributed by atoms with Gasteiger partial charge in [0.25, 0.3) is 0 Å². The summed E-state index contributed by atoms with van der Waals surface area (Å²) in [5, 5.41) is 1.08. The lowest BCUT2D eigenvalue weighted by Gasteiger charge is -2.30. The summed E-state index contributed by atoms with van der Waals surface area (Å²) in [6.45, 7) is 11.3. The predicted octanol–water partition coefficient (Wildman–Crippen LogP) is 3.53. The summed E-state index contributed by atoms with van der Waals surface area (Å²) in [6, 6.07) is 6.92. The van der Waals surface area contributed by atoms with Gasteiger partial charge in [0, 0.05) is 12.5 Å². The molecule has 0 radical (unpaired) electrons. The zero-order valence-corrected chi connectivity index (χ0v) is 16.7. The third-order valence-electron chi connectivity index (χ3n) is 3.12. The first kappa shape index (κ1) is 21.8. The molecule has 26 heavy (non-hydrogen) atoms. The number of methoxy groups -OCH3 is 1. The minimum absolute atomic E-state index is 0.308. The molecule has 0 aliphatic rings. The molecule has 0 aromatic heterocycles. The van der Waals surface area contributed by atoms with E-state index in [0.29, 0.717) is 24.7 Å². The number of benzene rings is 1. The van der Waals surface area contributed by atoms with Crippen LogP contribution in [0.2, 0.25) is 0 Å². The molecule has 1 rings (SSSR count). The molecular formula is C19H30N2O5. The van der Waals surface area contributed by atoms with Gasteiger partial charge in [-0.05, 0) is 32.9 Å². The quantitative estimate of drug-likeness (QED) is 0.637. The number of nitrogens with zero attached hydrogens (tertiary/aromatic N) is 1. The molecule has 146 valence electrons. The van der Waals surface area contributed by atoms with Gasteiger partial charge in [0.05, 0.1) is 6.61 Å². The van der Waals surface area contributed by atoms with Gasteiger partial charge in [0.15, 0.2) is 0 Å². The van der Waals surface area contributed by atoms with Crippen molar-refractivity contribution in [3.05, 3.63) is 24.3 Å². The Hall–Kier alpha value is -2.28. The summed E-state index contributed by atoms with van der Waals surface area (Å²) in [5.74, 6) is 0.111. The summed E-state index contributed by atoms with van der Waals surface area (Å²) in [4.78, 5) is 25.2. The largest absolute Gasteiger partial charge is 0.489 e. The average Bonchev–Trinajstić information content (AvgIpc) is 2.50. The maximum absolute atomic E-state index is 12.7. The predicted molar refractivity (Wildman–Crippen MR) is 100 cm³/mol. The van der Waals surface area contributed by atoms with Crippen molar-refractivity contribution < 1.29 is 23.8 Å². The maximum Gasteiger partial charge on any atom is 0.434 e. The molecule has 0 spiro atoms. The Bertz CT molecular complexity index is 617. The Morgan fingerprint density at radius 2 is 1.65 bits per heavy atom. The van der Waals surface area contributed by atoms with Crippen LogP contribution in [0, 0.1) is 5.41 Å². The maximum atomic E-state index is 12.7. The second kappa shape index (κ2) is 8.89. The number of hydrazine groups is 1. The molecule has 0 aliphatic heterocycles. The summed E-state index contributed by atoms with van der Waals surface area (Å²) < 4.78 is 16.1. The molecule has 0 unspecified atom stereocenters. The zero-order valence-electron chi connectivity index (χ0n) is 16.7. The van der Waals surface area contributed by atoms with Crippen LogP contribution in [0.1, 0.15) is 41.5 Å². The normalized spacial score (nSPS) is 11.7. The third-order valence-corrected chi connectivity index (χ3v) is 3.12. The van der Waals surface area contributed by atoms with Crippen molar-refractivity contribution >= 4 is 17.7 Å². The number of nitrogens with one attached hydrogen (secondary N) is 1. The van der Waals surface area contributed by atoms with Gasteiger partial charge >= 0.3 is 6.09 Å². The molecule has 7 heteroatoms. The van der Waals surface area contributed by atoms with Gasteiger partial charge in [-0.2, -0.15) is 5.01 Å².